The van der Waals surface area contributed by atoms with Crippen LogP contribution in [0, 0.1) is 0 Å². The molecule has 0 bridgehead atoms. The van der Waals surface area contributed by atoms with Crippen molar-refractivity contribution in [3.05, 3.63) is 23.8 Å². The number of anilines is 1. The molecule has 0 unspecified atom stereocenters. The molecule has 5 nitrogen and oxygen atoms in total. The summed E-state index contributed by atoms with van der Waals surface area (Å²) in [6, 6.07) is 1.71. The number of sulfonamides is 1. The maximum absolute atomic E-state index is 12.6. The van der Waals surface area contributed by atoms with Crippen LogP contribution in [0.25, 0.3) is 0 Å². The summed E-state index contributed by atoms with van der Waals surface area (Å²) in [6.45, 7) is 1.28. The molecule has 1 rings (SSSR count). The average molecular weight is 366 g/mol. The molecule has 1 aromatic carbocycles. The molecule has 0 heterocycles. The summed E-state index contributed by atoms with van der Waals surface area (Å²) < 4.78 is 86.0. The van der Waals surface area contributed by atoms with E-state index in [4.69, 9.17) is 11.6 Å². The predicted molar refractivity (Wildman–Crippen MR) is 72.4 cm³/mol. The predicted octanol–water partition coefficient (Wildman–Crippen LogP) is 2.44. The van der Waals surface area contributed by atoms with E-state index in [0.29, 0.717) is 18.2 Å². The van der Waals surface area contributed by atoms with E-state index in [1.54, 1.807) is 4.72 Å². The maximum atomic E-state index is 12.6. The Morgan fingerprint density at radius 2 is 1.76 bits per heavy atom. The standard InChI is InChI=1S/C10H11ClF3NO4S2/c1-2-20(16,17)9-4-3-7(10(12,13)14)5-8(9)15-21(18,19)6-11/h3-5,15H,2,6H2,1H3. The third-order valence-corrected chi connectivity index (χ3v) is 5.90. The lowest BCUT2D eigenvalue weighted by Gasteiger charge is -2.14. The second kappa shape index (κ2) is 6.01. The molecular formula is C10H11ClF3NO4S2. The van der Waals surface area contributed by atoms with E-state index in [-0.39, 0.29) is 0 Å². The normalized spacial score (nSPS) is 13.2. The Balaban J connectivity index is 3.54. The zero-order valence-corrected chi connectivity index (χ0v) is 13.0. The first-order valence-electron chi connectivity index (χ1n) is 5.43. The minimum atomic E-state index is -4.74. The van der Waals surface area contributed by atoms with Crippen molar-refractivity contribution in [2.45, 2.75) is 18.0 Å². The van der Waals surface area contributed by atoms with Crippen LogP contribution in [0.3, 0.4) is 0 Å². The number of nitrogens with one attached hydrogen (secondary N) is 1. The third kappa shape index (κ3) is 4.48. The summed E-state index contributed by atoms with van der Waals surface area (Å²) in [7, 11) is -8.05. The smallest absolute Gasteiger partial charge is 0.281 e. The number of sulfone groups is 1. The highest BCUT2D eigenvalue weighted by molar-refractivity contribution is 7.94. The zero-order chi connectivity index (χ0) is 16.5. The Hall–Kier alpha value is -1.00. The summed E-state index contributed by atoms with van der Waals surface area (Å²) in [5.74, 6) is -0.395. The van der Waals surface area contributed by atoms with E-state index in [9.17, 15) is 30.0 Å². The summed E-state index contributed by atoms with van der Waals surface area (Å²) in [5, 5.41) is -0.922. The molecule has 0 aliphatic heterocycles. The Bertz CT molecular complexity index is 729. The van der Waals surface area contributed by atoms with Crippen molar-refractivity contribution in [2.24, 2.45) is 0 Å². The number of hydrogen-bond donors (Lipinski definition) is 1. The number of benzene rings is 1. The zero-order valence-electron chi connectivity index (χ0n) is 10.6. The molecular weight excluding hydrogens is 355 g/mol. The third-order valence-electron chi connectivity index (χ3n) is 2.43. The second-order valence-corrected chi connectivity index (χ2v) is 8.49. The van der Waals surface area contributed by atoms with Crippen molar-refractivity contribution in [1.82, 2.24) is 0 Å². The highest BCUT2D eigenvalue weighted by Gasteiger charge is 2.32. The van der Waals surface area contributed by atoms with Gasteiger partial charge in [-0.3, -0.25) is 4.72 Å². The lowest BCUT2D eigenvalue weighted by molar-refractivity contribution is -0.137. The topological polar surface area (TPSA) is 80.3 Å². The summed E-state index contributed by atoms with van der Waals surface area (Å²) in [5.41, 5.74) is -1.85. The molecule has 0 saturated carbocycles. The van der Waals surface area contributed by atoms with Crippen molar-refractivity contribution in [2.75, 3.05) is 15.7 Å². The molecule has 0 radical (unpaired) electrons. The number of hydrogen-bond acceptors (Lipinski definition) is 4. The first-order valence-corrected chi connectivity index (χ1v) is 9.27. The molecule has 0 saturated heterocycles. The number of rotatable bonds is 5. The van der Waals surface area contributed by atoms with E-state index >= 15 is 0 Å². The Kier molecular flexibility index (Phi) is 5.17. The van der Waals surface area contributed by atoms with E-state index < -0.39 is 53.1 Å². The van der Waals surface area contributed by atoms with Gasteiger partial charge >= 0.3 is 6.18 Å². The molecule has 0 fully saturated rings. The summed E-state index contributed by atoms with van der Waals surface area (Å²) in [4.78, 5) is -0.535. The average Bonchev–Trinajstić information content (AvgIpc) is 2.37. The van der Waals surface area contributed by atoms with Gasteiger partial charge in [0.25, 0.3) is 0 Å². The van der Waals surface area contributed by atoms with Crippen molar-refractivity contribution in [3.63, 3.8) is 0 Å². The highest BCUT2D eigenvalue weighted by Crippen LogP contribution is 2.34. The Morgan fingerprint density at radius 3 is 2.19 bits per heavy atom. The minimum absolute atomic E-state index is 0.395. The van der Waals surface area contributed by atoms with Gasteiger partial charge in [-0.05, 0) is 18.2 Å². The Labute approximate surface area is 125 Å². The van der Waals surface area contributed by atoms with Gasteiger partial charge in [0.15, 0.2) is 9.84 Å². The first-order chi connectivity index (χ1) is 9.43. The van der Waals surface area contributed by atoms with Crippen molar-refractivity contribution >= 4 is 37.1 Å². The van der Waals surface area contributed by atoms with Gasteiger partial charge in [0.2, 0.25) is 10.0 Å². The number of halogens is 4. The monoisotopic (exact) mass is 365 g/mol. The van der Waals surface area contributed by atoms with Crippen molar-refractivity contribution < 1.29 is 30.0 Å². The second-order valence-electron chi connectivity index (χ2n) is 3.94. The van der Waals surface area contributed by atoms with E-state index in [0.717, 1.165) is 0 Å². The van der Waals surface area contributed by atoms with Crippen LogP contribution in [-0.2, 0) is 26.0 Å². The highest BCUT2D eigenvalue weighted by atomic mass is 35.5. The van der Waals surface area contributed by atoms with Crippen LogP contribution in [0.5, 0.6) is 0 Å². The van der Waals surface area contributed by atoms with Crippen LogP contribution in [0.1, 0.15) is 12.5 Å². The van der Waals surface area contributed by atoms with Crippen LogP contribution >= 0.6 is 11.6 Å². The van der Waals surface area contributed by atoms with E-state index in [1.807, 2.05) is 0 Å². The van der Waals surface area contributed by atoms with Gasteiger partial charge in [-0.15, -0.1) is 11.6 Å². The van der Waals surface area contributed by atoms with Crippen molar-refractivity contribution in [3.8, 4) is 0 Å². The molecule has 0 aliphatic rings. The molecule has 0 atom stereocenters. The van der Waals surface area contributed by atoms with Crippen LogP contribution in [0.15, 0.2) is 23.1 Å². The van der Waals surface area contributed by atoms with Crippen molar-refractivity contribution in [1.29, 1.82) is 0 Å². The fourth-order valence-corrected chi connectivity index (χ4v) is 3.23. The van der Waals surface area contributed by atoms with Crippen LogP contribution in [0.4, 0.5) is 18.9 Å². The van der Waals surface area contributed by atoms with E-state index in [2.05, 4.69) is 0 Å². The van der Waals surface area contributed by atoms with Gasteiger partial charge in [-0.25, -0.2) is 16.8 Å². The van der Waals surface area contributed by atoms with Crippen LogP contribution in [0.2, 0.25) is 0 Å². The van der Waals surface area contributed by atoms with Gasteiger partial charge in [0, 0.05) is 0 Å². The molecule has 0 aromatic heterocycles. The van der Waals surface area contributed by atoms with Crippen LogP contribution in [-0.4, -0.2) is 27.8 Å². The molecule has 0 aliphatic carbocycles. The van der Waals surface area contributed by atoms with Gasteiger partial charge in [0.1, 0.15) is 5.21 Å². The molecule has 120 valence electrons. The lowest BCUT2D eigenvalue weighted by Crippen LogP contribution is -2.18. The lowest BCUT2D eigenvalue weighted by atomic mass is 10.2. The largest absolute Gasteiger partial charge is 0.416 e. The maximum Gasteiger partial charge on any atom is 0.416 e. The van der Waals surface area contributed by atoms with Gasteiger partial charge in [-0.2, -0.15) is 13.2 Å². The fourth-order valence-electron chi connectivity index (χ4n) is 1.41. The molecule has 1 aromatic rings. The summed E-state index contributed by atoms with van der Waals surface area (Å²) >= 11 is 5.15. The SMILES string of the molecule is CCS(=O)(=O)c1ccc(C(F)(F)F)cc1NS(=O)(=O)CCl. The molecule has 21 heavy (non-hydrogen) atoms. The van der Waals surface area contributed by atoms with E-state index in [1.165, 1.54) is 6.92 Å². The van der Waals surface area contributed by atoms with Crippen LogP contribution < -0.4 is 4.72 Å². The number of alkyl halides is 4. The summed E-state index contributed by atoms with van der Waals surface area (Å²) in [6.07, 6.45) is -4.74. The molecule has 0 amide bonds. The van der Waals surface area contributed by atoms with Gasteiger partial charge < -0.3 is 0 Å². The quantitative estimate of drug-likeness (QED) is 0.813. The molecule has 0 spiro atoms. The van der Waals surface area contributed by atoms with Gasteiger partial charge in [-0.1, -0.05) is 6.92 Å². The van der Waals surface area contributed by atoms with Gasteiger partial charge in [0.05, 0.1) is 21.9 Å². The first kappa shape index (κ1) is 18.1. The molecule has 11 heteroatoms. The Morgan fingerprint density at radius 1 is 1.19 bits per heavy atom. The minimum Gasteiger partial charge on any atom is -0.281 e. The molecule has 1 N–H and O–H groups in total. The fraction of sp³-hybridized carbons (Fsp3) is 0.400.